The largest absolute Gasteiger partial charge is 0.382 e. The molecule has 1 amide bonds. The molecular weight excluding hydrogens is 236 g/mol. The summed E-state index contributed by atoms with van der Waals surface area (Å²) >= 11 is 0. The number of carbonyl (C=O) groups is 1. The van der Waals surface area contributed by atoms with E-state index in [1.54, 1.807) is 0 Å². The molecule has 3 nitrogen and oxygen atoms in total. The molecule has 1 aromatic rings. The van der Waals surface area contributed by atoms with Gasteiger partial charge in [0, 0.05) is 30.4 Å². The van der Waals surface area contributed by atoms with E-state index in [-0.39, 0.29) is 5.91 Å². The molecule has 1 aromatic carbocycles. The molecule has 0 aromatic heterocycles. The van der Waals surface area contributed by atoms with Crippen molar-refractivity contribution in [3.8, 4) is 0 Å². The number of hydrogen-bond acceptors (Lipinski definition) is 2. The Hall–Kier alpha value is -1.51. The fraction of sp³-hybridized carbons (Fsp3) is 0.562. The molecular formula is C16H26N2O. The van der Waals surface area contributed by atoms with E-state index in [9.17, 15) is 4.79 Å². The van der Waals surface area contributed by atoms with Crippen LogP contribution < -0.4 is 5.32 Å². The van der Waals surface area contributed by atoms with E-state index in [0.29, 0.717) is 6.04 Å². The highest BCUT2D eigenvalue weighted by Gasteiger charge is 2.13. The number of hydrogen-bond donors (Lipinski definition) is 1. The summed E-state index contributed by atoms with van der Waals surface area (Å²) in [7, 11) is 0. The van der Waals surface area contributed by atoms with Gasteiger partial charge in [-0.05, 0) is 44.9 Å². The Labute approximate surface area is 117 Å². The van der Waals surface area contributed by atoms with Gasteiger partial charge in [-0.25, -0.2) is 0 Å². The SMILES string of the molecule is CCC(CC)Nc1cccc(C(=O)N(CC)CC)c1. The van der Waals surface area contributed by atoms with Gasteiger partial charge in [-0.1, -0.05) is 19.9 Å². The fourth-order valence-electron chi connectivity index (χ4n) is 2.16. The Morgan fingerprint density at radius 3 is 2.32 bits per heavy atom. The lowest BCUT2D eigenvalue weighted by molar-refractivity contribution is 0.0773. The van der Waals surface area contributed by atoms with Crippen LogP contribution in [-0.2, 0) is 0 Å². The monoisotopic (exact) mass is 262 g/mol. The molecule has 106 valence electrons. The normalized spacial score (nSPS) is 10.6. The molecule has 0 saturated carbocycles. The van der Waals surface area contributed by atoms with Gasteiger partial charge in [0.1, 0.15) is 0 Å². The first-order chi connectivity index (χ1) is 9.15. The molecule has 19 heavy (non-hydrogen) atoms. The highest BCUT2D eigenvalue weighted by molar-refractivity contribution is 5.95. The number of benzene rings is 1. The van der Waals surface area contributed by atoms with E-state index in [2.05, 4.69) is 19.2 Å². The van der Waals surface area contributed by atoms with Crippen molar-refractivity contribution in [2.75, 3.05) is 18.4 Å². The summed E-state index contributed by atoms with van der Waals surface area (Å²) in [5, 5.41) is 3.48. The number of nitrogens with one attached hydrogen (secondary N) is 1. The van der Waals surface area contributed by atoms with Gasteiger partial charge in [-0.15, -0.1) is 0 Å². The molecule has 0 spiro atoms. The van der Waals surface area contributed by atoms with Crippen molar-refractivity contribution in [1.29, 1.82) is 0 Å². The van der Waals surface area contributed by atoms with Crippen LogP contribution in [0.5, 0.6) is 0 Å². The van der Waals surface area contributed by atoms with Crippen molar-refractivity contribution in [3.05, 3.63) is 29.8 Å². The van der Waals surface area contributed by atoms with Gasteiger partial charge in [0.05, 0.1) is 0 Å². The van der Waals surface area contributed by atoms with Crippen molar-refractivity contribution in [2.45, 2.75) is 46.6 Å². The van der Waals surface area contributed by atoms with Crippen molar-refractivity contribution in [1.82, 2.24) is 4.90 Å². The summed E-state index contributed by atoms with van der Waals surface area (Å²) < 4.78 is 0. The molecule has 3 heteroatoms. The van der Waals surface area contributed by atoms with Gasteiger partial charge in [0.25, 0.3) is 5.91 Å². The van der Waals surface area contributed by atoms with Gasteiger partial charge >= 0.3 is 0 Å². The van der Waals surface area contributed by atoms with Gasteiger partial charge in [0.2, 0.25) is 0 Å². The predicted octanol–water partition coefficient (Wildman–Crippen LogP) is 3.77. The third kappa shape index (κ3) is 4.27. The van der Waals surface area contributed by atoms with Crippen LogP contribution in [0.25, 0.3) is 0 Å². The lowest BCUT2D eigenvalue weighted by Gasteiger charge is -2.20. The zero-order valence-electron chi connectivity index (χ0n) is 12.6. The summed E-state index contributed by atoms with van der Waals surface area (Å²) in [4.78, 5) is 14.1. The van der Waals surface area contributed by atoms with Crippen LogP contribution in [-0.4, -0.2) is 29.9 Å². The van der Waals surface area contributed by atoms with Gasteiger partial charge in [-0.3, -0.25) is 4.79 Å². The average molecular weight is 262 g/mol. The maximum absolute atomic E-state index is 12.3. The first-order valence-electron chi connectivity index (χ1n) is 7.32. The molecule has 0 aliphatic carbocycles. The van der Waals surface area contributed by atoms with Crippen molar-refractivity contribution >= 4 is 11.6 Å². The second-order valence-corrected chi connectivity index (χ2v) is 4.72. The Balaban J connectivity index is 2.84. The number of rotatable bonds is 7. The Morgan fingerprint density at radius 2 is 1.79 bits per heavy atom. The summed E-state index contributed by atoms with van der Waals surface area (Å²) in [5.41, 5.74) is 1.80. The number of carbonyl (C=O) groups excluding carboxylic acids is 1. The fourth-order valence-corrected chi connectivity index (χ4v) is 2.16. The number of anilines is 1. The summed E-state index contributed by atoms with van der Waals surface area (Å²) in [6.07, 6.45) is 2.18. The first-order valence-corrected chi connectivity index (χ1v) is 7.32. The smallest absolute Gasteiger partial charge is 0.253 e. The minimum absolute atomic E-state index is 0.109. The van der Waals surface area contributed by atoms with Crippen molar-refractivity contribution in [3.63, 3.8) is 0 Å². The van der Waals surface area contributed by atoms with Crippen LogP contribution in [0.1, 0.15) is 50.9 Å². The third-order valence-corrected chi connectivity index (χ3v) is 3.52. The molecule has 0 fully saturated rings. The molecule has 0 bridgehead atoms. The molecule has 0 aliphatic heterocycles. The van der Waals surface area contributed by atoms with Crippen LogP contribution in [0.3, 0.4) is 0 Å². The zero-order chi connectivity index (χ0) is 14.3. The van der Waals surface area contributed by atoms with Crippen molar-refractivity contribution < 1.29 is 4.79 Å². The average Bonchev–Trinajstić information content (AvgIpc) is 2.46. The number of amides is 1. The number of nitrogens with zero attached hydrogens (tertiary/aromatic N) is 1. The summed E-state index contributed by atoms with van der Waals surface area (Å²) in [6, 6.07) is 8.29. The molecule has 1 rings (SSSR count). The van der Waals surface area contributed by atoms with Gasteiger partial charge < -0.3 is 10.2 Å². The first kappa shape index (κ1) is 15.5. The maximum atomic E-state index is 12.3. The van der Waals surface area contributed by atoms with Crippen LogP contribution in [0.2, 0.25) is 0 Å². The molecule has 1 N–H and O–H groups in total. The summed E-state index contributed by atoms with van der Waals surface area (Å²) in [6.45, 7) is 9.86. The molecule has 0 radical (unpaired) electrons. The lowest BCUT2D eigenvalue weighted by Crippen LogP contribution is -2.30. The van der Waals surface area contributed by atoms with E-state index in [0.717, 1.165) is 37.2 Å². The maximum Gasteiger partial charge on any atom is 0.253 e. The van der Waals surface area contributed by atoms with E-state index in [1.165, 1.54) is 0 Å². The van der Waals surface area contributed by atoms with Gasteiger partial charge in [-0.2, -0.15) is 0 Å². The van der Waals surface area contributed by atoms with Gasteiger partial charge in [0.15, 0.2) is 0 Å². The molecule has 0 aliphatic rings. The van der Waals surface area contributed by atoms with Crippen LogP contribution in [0, 0.1) is 0 Å². The Bertz CT molecular complexity index is 395. The quantitative estimate of drug-likeness (QED) is 0.811. The highest BCUT2D eigenvalue weighted by Crippen LogP contribution is 2.15. The molecule has 0 saturated heterocycles. The van der Waals surface area contributed by atoms with E-state index in [4.69, 9.17) is 0 Å². The molecule has 0 atom stereocenters. The van der Waals surface area contributed by atoms with E-state index in [1.807, 2.05) is 43.0 Å². The lowest BCUT2D eigenvalue weighted by atomic mass is 10.1. The minimum atomic E-state index is 0.109. The predicted molar refractivity (Wildman–Crippen MR) is 81.7 cm³/mol. The topological polar surface area (TPSA) is 32.3 Å². The highest BCUT2D eigenvalue weighted by atomic mass is 16.2. The molecule has 0 heterocycles. The second kappa shape index (κ2) is 7.82. The third-order valence-electron chi connectivity index (χ3n) is 3.52. The Morgan fingerprint density at radius 1 is 1.16 bits per heavy atom. The zero-order valence-corrected chi connectivity index (χ0v) is 12.6. The van der Waals surface area contributed by atoms with Crippen LogP contribution >= 0.6 is 0 Å². The second-order valence-electron chi connectivity index (χ2n) is 4.72. The standard InChI is InChI=1S/C16H26N2O/c1-5-14(6-2)17-15-11-9-10-13(12-15)16(19)18(7-3)8-4/h9-12,14,17H,5-8H2,1-4H3. The van der Waals surface area contributed by atoms with Crippen molar-refractivity contribution in [2.24, 2.45) is 0 Å². The minimum Gasteiger partial charge on any atom is -0.382 e. The van der Waals surface area contributed by atoms with Crippen LogP contribution in [0.4, 0.5) is 5.69 Å². The Kier molecular flexibility index (Phi) is 6.40. The summed E-state index contributed by atoms with van der Waals surface area (Å²) in [5.74, 6) is 0.109. The van der Waals surface area contributed by atoms with Crippen LogP contribution in [0.15, 0.2) is 24.3 Å². The molecule has 0 unspecified atom stereocenters. The van der Waals surface area contributed by atoms with E-state index < -0.39 is 0 Å². The van der Waals surface area contributed by atoms with E-state index >= 15 is 0 Å².